The van der Waals surface area contributed by atoms with Gasteiger partial charge in [0, 0.05) is 24.9 Å². The second-order valence-electron chi connectivity index (χ2n) is 3.92. The molecule has 0 aromatic carbocycles. The number of halogens is 3. The summed E-state index contributed by atoms with van der Waals surface area (Å²) in [7, 11) is -3.70. The highest BCUT2D eigenvalue weighted by molar-refractivity contribution is 8.00. The summed E-state index contributed by atoms with van der Waals surface area (Å²) in [5.74, 6) is 0. The van der Waals surface area contributed by atoms with Gasteiger partial charge in [0.15, 0.2) is 9.84 Å². The molecule has 1 fully saturated rings. The SMILES string of the molecule is CS(=O)(=O)C(=C1CCN1)c1sccc1C(F)(F)F. The van der Waals surface area contributed by atoms with E-state index in [-0.39, 0.29) is 9.78 Å². The summed E-state index contributed by atoms with van der Waals surface area (Å²) in [6.07, 6.45) is -3.16. The van der Waals surface area contributed by atoms with Crippen molar-refractivity contribution in [3.63, 3.8) is 0 Å². The van der Waals surface area contributed by atoms with E-state index in [0.717, 1.165) is 23.7 Å². The molecule has 1 aliphatic heterocycles. The third-order valence-electron chi connectivity index (χ3n) is 2.54. The monoisotopic (exact) mass is 297 g/mol. The van der Waals surface area contributed by atoms with Crippen LogP contribution in [0.4, 0.5) is 13.2 Å². The van der Waals surface area contributed by atoms with Gasteiger partial charge in [-0.1, -0.05) is 0 Å². The van der Waals surface area contributed by atoms with E-state index in [1.165, 1.54) is 5.38 Å². The van der Waals surface area contributed by atoms with Gasteiger partial charge in [0.25, 0.3) is 0 Å². The van der Waals surface area contributed by atoms with Crippen LogP contribution in [0.3, 0.4) is 0 Å². The Kier molecular flexibility index (Phi) is 3.18. The summed E-state index contributed by atoms with van der Waals surface area (Å²) in [4.78, 5) is -0.455. The Balaban J connectivity index is 2.63. The summed E-state index contributed by atoms with van der Waals surface area (Å²) in [5.41, 5.74) is -0.528. The molecule has 0 bridgehead atoms. The molecule has 1 aliphatic rings. The van der Waals surface area contributed by atoms with E-state index >= 15 is 0 Å². The molecule has 18 heavy (non-hydrogen) atoms. The lowest BCUT2D eigenvalue weighted by molar-refractivity contribution is -0.137. The normalized spacial score (nSPS) is 19.1. The number of alkyl halides is 3. The van der Waals surface area contributed by atoms with Crippen molar-refractivity contribution in [2.45, 2.75) is 12.6 Å². The van der Waals surface area contributed by atoms with E-state index in [1.54, 1.807) is 0 Å². The second kappa shape index (κ2) is 4.27. The molecule has 8 heteroatoms. The fourth-order valence-electron chi connectivity index (χ4n) is 1.68. The average molecular weight is 297 g/mol. The lowest BCUT2D eigenvalue weighted by Crippen LogP contribution is -2.30. The van der Waals surface area contributed by atoms with Crippen LogP contribution in [0.1, 0.15) is 16.9 Å². The maximum Gasteiger partial charge on any atom is 0.417 e. The van der Waals surface area contributed by atoms with E-state index in [0.29, 0.717) is 18.7 Å². The largest absolute Gasteiger partial charge is 0.417 e. The van der Waals surface area contributed by atoms with Crippen LogP contribution in [-0.4, -0.2) is 21.2 Å². The first-order chi connectivity index (χ1) is 8.21. The smallest absolute Gasteiger partial charge is 0.387 e. The zero-order valence-electron chi connectivity index (χ0n) is 9.34. The molecule has 0 saturated carbocycles. The maximum absolute atomic E-state index is 12.8. The van der Waals surface area contributed by atoms with E-state index in [9.17, 15) is 21.6 Å². The van der Waals surface area contributed by atoms with Crippen molar-refractivity contribution in [1.29, 1.82) is 0 Å². The molecule has 1 N–H and O–H groups in total. The number of hydrogen-bond donors (Lipinski definition) is 1. The quantitative estimate of drug-likeness (QED) is 0.912. The van der Waals surface area contributed by atoms with E-state index in [4.69, 9.17) is 0 Å². The number of thiophene rings is 1. The molecule has 2 heterocycles. The molecule has 1 aromatic heterocycles. The number of rotatable bonds is 2. The lowest BCUT2D eigenvalue weighted by Gasteiger charge is -2.24. The third-order valence-corrected chi connectivity index (χ3v) is 4.79. The van der Waals surface area contributed by atoms with Crippen LogP contribution in [0, 0.1) is 0 Å². The zero-order chi connectivity index (χ0) is 13.6. The first-order valence-corrected chi connectivity index (χ1v) is 7.80. The van der Waals surface area contributed by atoms with Gasteiger partial charge >= 0.3 is 6.18 Å². The fraction of sp³-hybridized carbons (Fsp3) is 0.400. The molecule has 0 radical (unpaired) electrons. The van der Waals surface area contributed by atoms with Gasteiger partial charge in [-0.25, -0.2) is 8.42 Å². The number of sulfone groups is 1. The minimum Gasteiger partial charge on any atom is -0.387 e. The topological polar surface area (TPSA) is 46.2 Å². The molecule has 1 saturated heterocycles. The molecule has 100 valence electrons. The number of nitrogens with one attached hydrogen (secondary N) is 1. The highest BCUT2D eigenvalue weighted by Crippen LogP contribution is 2.41. The molecule has 0 atom stereocenters. The molecule has 0 spiro atoms. The molecule has 0 amide bonds. The standard InChI is InChI=1S/C10H10F3NO2S2/c1-18(15,16)9(7-2-4-14-7)8-6(3-5-17-8)10(11,12)13/h3,5,14H,2,4H2,1H3. The molecule has 0 aliphatic carbocycles. The highest BCUT2D eigenvalue weighted by Gasteiger charge is 2.38. The van der Waals surface area contributed by atoms with Crippen molar-refractivity contribution < 1.29 is 21.6 Å². The van der Waals surface area contributed by atoms with Crippen LogP contribution >= 0.6 is 11.3 Å². The van der Waals surface area contributed by atoms with Crippen molar-refractivity contribution in [2.24, 2.45) is 0 Å². The van der Waals surface area contributed by atoms with Crippen LogP contribution < -0.4 is 5.32 Å². The molecule has 2 rings (SSSR count). The first-order valence-electron chi connectivity index (χ1n) is 5.03. The van der Waals surface area contributed by atoms with E-state index in [2.05, 4.69) is 5.32 Å². The van der Waals surface area contributed by atoms with Crippen LogP contribution in [0.15, 0.2) is 17.1 Å². The Labute approximate surface area is 106 Å². The molecule has 0 unspecified atom stereocenters. The Morgan fingerprint density at radius 2 is 2.06 bits per heavy atom. The summed E-state index contributed by atoms with van der Waals surface area (Å²) < 4.78 is 61.7. The van der Waals surface area contributed by atoms with E-state index < -0.39 is 21.6 Å². The minimum absolute atomic E-state index is 0.226. The van der Waals surface area contributed by atoms with Crippen LogP contribution in [-0.2, 0) is 16.0 Å². The van der Waals surface area contributed by atoms with Gasteiger partial charge in [-0.05, 0) is 11.4 Å². The van der Waals surface area contributed by atoms with Crippen LogP contribution in [0.2, 0.25) is 0 Å². The van der Waals surface area contributed by atoms with Crippen molar-refractivity contribution in [2.75, 3.05) is 12.8 Å². The maximum atomic E-state index is 12.8. The second-order valence-corrected chi connectivity index (χ2v) is 6.79. The zero-order valence-corrected chi connectivity index (χ0v) is 11.0. The first kappa shape index (κ1) is 13.4. The third kappa shape index (κ3) is 2.39. The Hall–Kier alpha value is -1.02. The van der Waals surface area contributed by atoms with Crippen LogP contribution in [0.25, 0.3) is 4.91 Å². The summed E-state index contributed by atoms with van der Waals surface area (Å²) in [6.45, 7) is 0.584. The lowest BCUT2D eigenvalue weighted by atomic mass is 10.1. The van der Waals surface area contributed by atoms with Crippen molar-refractivity contribution >= 4 is 26.1 Å². The Morgan fingerprint density at radius 1 is 1.44 bits per heavy atom. The summed E-state index contributed by atoms with van der Waals surface area (Å²) >= 11 is 0.792. The Morgan fingerprint density at radius 3 is 2.44 bits per heavy atom. The van der Waals surface area contributed by atoms with Gasteiger partial charge in [0.1, 0.15) is 4.91 Å². The van der Waals surface area contributed by atoms with Crippen LogP contribution in [0.5, 0.6) is 0 Å². The Bertz CT molecular complexity index is 593. The highest BCUT2D eigenvalue weighted by atomic mass is 32.2. The minimum atomic E-state index is -4.55. The van der Waals surface area contributed by atoms with Crippen molar-refractivity contribution in [3.8, 4) is 0 Å². The fourth-order valence-corrected chi connectivity index (χ4v) is 4.23. The molecular formula is C10H10F3NO2S2. The summed E-state index contributed by atoms with van der Waals surface area (Å²) in [6, 6.07) is 0.907. The average Bonchev–Trinajstić information content (AvgIpc) is 2.55. The van der Waals surface area contributed by atoms with Crippen molar-refractivity contribution in [1.82, 2.24) is 5.32 Å². The van der Waals surface area contributed by atoms with Gasteiger partial charge in [-0.15, -0.1) is 11.3 Å². The van der Waals surface area contributed by atoms with Crippen molar-refractivity contribution in [3.05, 3.63) is 27.6 Å². The predicted octanol–water partition coefficient (Wildman–Crippen LogP) is 2.47. The van der Waals surface area contributed by atoms with Gasteiger partial charge in [0.05, 0.1) is 10.4 Å². The van der Waals surface area contributed by atoms with Gasteiger partial charge in [0.2, 0.25) is 0 Å². The number of hydrogen-bond acceptors (Lipinski definition) is 4. The molecule has 1 aromatic rings. The predicted molar refractivity (Wildman–Crippen MR) is 63.7 cm³/mol. The molecule has 3 nitrogen and oxygen atoms in total. The summed E-state index contributed by atoms with van der Waals surface area (Å²) in [5, 5.41) is 4.01. The van der Waals surface area contributed by atoms with Gasteiger partial charge in [-0.2, -0.15) is 13.2 Å². The molecular weight excluding hydrogens is 287 g/mol. The van der Waals surface area contributed by atoms with E-state index in [1.807, 2.05) is 0 Å². The van der Waals surface area contributed by atoms with Gasteiger partial charge in [-0.3, -0.25) is 0 Å². The van der Waals surface area contributed by atoms with Gasteiger partial charge < -0.3 is 5.32 Å².